The summed E-state index contributed by atoms with van der Waals surface area (Å²) in [5, 5.41) is 0. The summed E-state index contributed by atoms with van der Waals surface area (Å²) in [5.41, 5.74) is -0.00454. The van der Waals surface area contributed by atoms with E-state index in [0.717, 1.165) is 19.3 Å². The molecule has 0 aromatic rings. The first-order valence-corrected chi connectivity index (χ1v) is 5.12. The van der Waals surface area contributed by atoms with Crippen LogP contribution in [0.4, 0.5) is 0 Å². The molecule has 0 saturated heterocycles. The van der Waals surface area contributed by atoms with Crippen LogP contribution in [0.15, 0.2) is 0 Å². The Balaban J connectivity index is 2.40. The van der Waals surface area contributed by atoms with Gasteiger partial charge in [0.05, 0.1) is 0 Å². The number of hydrogen-bond donors (Lipinski definition) is 0. The van der Waals surface area contributed by atoms with E-state index in [1.807, 2.05) is 6.92 Å². The van der Waals surface area contributed by atoms with E-state index in [4.69, 9.17) is 0 Å². The van der Waals surface area contributed by atoms with Crippen LogP contribution in [0.5, 0.6) is 0 Å². The van der Waals surface area contributed by atoms with Crippen LogP contribution in [0.3, 0.4) is 0 Å². The predicted octanol–water partition coefficient (Wildman–Crippen LogP) is 2.94. The molecule has 72 valence electrons. The molecular formula is C12H18O. The highest BCUT2D eigenvalue weighted by atomic mass is 16.1. The molecule has 0 N–H and O–H groups in total. The maximum atomic E-state index is 11.8. The zero-order valence-electron chi connectivity index (χ0n) is 8.65. The normalized spacial score (nSPS) is 19.2. The molecule has 0 atom stereocenters. The largest absolute Gasteiger partial charge is 0.299 e. The van der Waals surface area contributed by atoms with Crippen LogP contribution >= 0.6 is 0 Å². The van der Waals surface area contributed by atoms with E-state index >= 15 is 0 Å². The van der Waals surface area contributed by atoms with Gasteiger partial charge >= 0.3 is 0 Å². The lowest BCUT2D eigenvalue weighted by atomic mass is 9.82. The summed E-state index contributed by atoms with van der Waals surface area (Å²) in [4.78, 5) is 11.8. The molecule has 1 aliphatic carbocycles. The second-order valence-corrected chi connectivity index (χ2v) is 4.12. The summed E-state index contributed by atoms with van der Waals surface area (Å²) >= 11 is 0. The quantitative estimate of drug-likeness (QED) is 0.607. The Morgan fingerprint density at radius 1 is 1.38 bits per heavy atom. The van der Waals surface area contributed by atoms with E-state index < -0.39 is 0 Å². The third kappa shape index (κ3) is 2.59. The molecule has 1 rings (SSSR count). The fourth-order valence-corrected chi connectivity index (χ4v) is 2.04. The van der Waals surface area contributed by atoms with E-state index in [1.165, 1.54) is 12.8 Å². The molecule has 0 heterocycles. The van der Waals surface area contributed by atoms with Crippen LogP contribution < -0.4 is 0 Å². The fourth-order valence-electron chi connectivity index (χ4n) is 2.04. The van der Waals surface area contributed by atoms with Gasteiger partial charge in [-0.05, 0) is 19.8 Å². The minimum absolute atomic E-state index is 0.00454. The highest BCUT2D eigenvalue weighted by Gasteiger charge is 2.34. The minimum atomic E-state index is -0.00454. The monoisotopic (exact) mass is 178 g/mol. The average Bonchev–Trinajstić information content (AvgIpc) is 2.54. The first-order valence-electron chi connectivity index (χ1n) is 5.12. The summed E-state index contributed by atoms with van der Waals surface area (Å²) in [6.45, 7) is 3.93. The number of ketones is 1. The lowest BCUT2D eigenvalue weighted by Crippen LogP contribution is -2.23. The second-order valence-electron chi connectivity index (χ2n) is 4.12. The van der Waals surface area contributed by atoms with Gasteiger partial charge in [0.15, 0.2) is 0 Å². The molecule has 1 fully saturated rings. The van der Waals surface area contributed by atoms with Crippen molar-refractivity contribution in [1.29, 1.82) is 0 Å². The van der Waals surface area contributed by atoms with E-state index in [2.05, 4.69) is 18.8 Å². The van der Waals surface area contributed by atoms with Gasteiger partial charge in [-0.1, -0.05) is 19.8 Å². The van der Waals surface area contributed by atoms with Crippen LogP contribution in [-0.4, -0.2) is 5.78 Å². The Bertz CT molecular complexity index is 236. The van der Waals surface area contributed by atoms with E-state index in [9.17, 15) is 4.79 Å². The lowest BCUT2D eigenvalue weighted by Gasteiger charge is -2.20. The number of rotatable bonds is 3. The van der Waals surface area contributed by atoms with Crippen molar-refractivity contribution in [1.82, 2.24) is 0 Å². The van der Waals surface area contributed by atoms with Gasteiger partial charge in [-0.3, -0.25) is 4.79 Å². The Hall–Kier alpha value is -0.770. The maximum Gasteiger partial charge on any atom is 0.139 e. The Morgan fingerprint density at radius 3 is 2.54 bits per heavy atom. The van der Waals surface area contributed by atoms with Crippen molar-refractivity contribution in [2.45, 2.75) is 52.4 Å². The van der Waals surface area contributed by atoms with Crippen LogP contribution in [-0.2, 0) is 4.79 Å². The van der Waals surface area contributed by atoms with Gasteiger partial charge < -0.3 is 0 Å². The summed E-state index contributed by atoms with van der Waals surface area (Å²) < 4.78 is 0. The van der Waals surface area contributed by atoms with Crippen molar-refractivity contribution < 1.29 is 4.79 Å². The maximum absolute atomic E-state index is 11.8. The molecule has 0 spiro atoms. The molecule has 0 amide bonds. The standard InChI is InChI=1S/C12H18O/c1-3-4-5-8-11(13)12(2)9-6-7-10-12/h5-10H2,1-2H3. The lowest BCUT2D eigenvalue weighted by molar-refractivity contribution is -0.127. The third-order valence-electron chi connectivity index (χ3n) is 3.03. The van der Waals surface area contributed by atoms with Gasteiger partial charge in [-0.15, -0.1) is 11.8 Å². The molecule has 0 aromatic carbocycles. The van der Waals surface area contributed by atoms with Crippen LogP contribution in [0.2, 0.25) is 0 Å². The van der Waals surface area contributed by atoms with Crippen LogP contribution in [0.1, 0.15) is 52.4 Å². The molecule has 0 unspecified atom stereocenters. The number of hydrogen-bond acceptors (Lipinski definition) is 1. The molecule has 1 saturated carbocycles. The van der Waals surface area contributed by atoms with Crippen LogP contribution in [0, 0.1) is 17.3 Å². The van der Waals surface area contributed by atoms with E-state index in [-0.39, 0.29) is 5.41 Å². The topological polar surface area (TPSA) is 17.1 Å². The number of Topliss-reactive ketones (excluding diaryl/α,β-unsaturated/α-hetero) is 1. The SMILES string of the molecule is CC#CCCC(=O)C1(C)CCCC1. The van der Waals surface area contributed by atoms with Gasteiger partial charge in [-0.25, -0.2) is 0 Å². The summed E-state index contributed by atoms with van der Waals surface area (Å²) in [6.07, 6.45) is 6.02. The van der Waals surface area contributed by atoms with Crippen molar-refractivity contribution >= 4 is 5.78 Å². The molecule has 1 aliphatic rings. The zero-order valence-corrected chi connectivity index (χ0v) is 8.65. The number of carbonyl (C=O) groups is 1. The molecule has 13 heavy (non-hydrogen) atoms. The van der Waals surface area contributed by atoms with Gasteiger partial charge in [0, 0.05) is 18.3 Å². The van der Waals surface area contributed by atoms with E-state index in [1.54, 1.807) is 0 Å². The molecule has 1 heteroatoms. The Labute approximate surface area is 80.9 Å². The smallest absolute Gasteiger partial charge is 0.139 e. The summed E-state index contributed by atoms with van der Waals surface area (Å²) in [7, 11) is 0. The Kier molecular flexibility index (Phi) is 3.54. The van der Waals surface area contributed by atoms with E-state index in [0.29, 0.717) is 12.2 Å². The molecule has 0 aromatic heterocycles. The minimum Gasteiger partial charge on any atom is -0.299 e. The van der Waals surface area contributed by atoms with Crippen molar-refractivity contribution in [3.63, 3.8) is 0 Å². The van der Waals surface area contributed by atoms with Gasteiger partial charge in [-0.2, -0.15) is 0 Å². The third-order valence-corrected chi connectivity index (χ3v) is 3.03. The summed E-state index contributed by atoms with van der Waals surface area (Å²) in [5.74, 6) is 6.20. The van der Waals surface area contributed by atoms with Crippen molar-refractivity contribution in [2.24, 2.45) is 5.41 Å². The number of carbonyl (C=O) groups excluding carboxylic acids is 1. The fraction of sp³-hybridized carbons (Fsp3) is 0.750. The highest BCUT2D eigenvalue weighted by molar-refractivity contribution is 5.84. The van der Waals surface area contributed by atoms with Crippen molar-refractivity contribution in [3.05, 3.63) is 0 Å². The van der Waals surface area contributed by atoms with Gasteiger partial charge in [0.1, 0.15) is 5.78 Å². The molecule has 0 aliphatic heterocycles. The van der Waals surface area contributed by atoms with Gasteiger partial charge in [0.25, 0.3) is 0 Å². The molecule has 0 radical (unpaired) electrons. The predicted molar refractivity (Wildman–Crippen MR) is 54.3 cm³/mol. The summed E-state index contributed by atoms with van der Waals surface area (Å²) in [6, 6.07) is 0. The van der Waals surface area contributed by atoms with Crippen LogP contribution in [0.25, 0.3) is 0 Å². The average molecular weight is 178 g/mol. The van der Waals surface area contributed by atoms with Gasteiger partial charge in [0.2, 0.25) is 0 Å². The second kappa shape index (κ2) is 4.46. The molecule has 0 bridgehead atoms. The first-order chi connectivity index (χ1) is 6.19. The van der Waals surface area contributed by atoms with Crippen molar-refractivity contribution in [2.75, 3.05) is 0 Å². The zero-order chi connectivity index (χ0) is 9.73. The Morgan fingerprint density at radius 2 is 2.00 bits per heavy atom. The first kappa shape index (κ1) is 10.3. The highest BCUT2D eigenvalue weighted by Crippen LogP contribution is 2.39. The van der Waals surface area contributed by atoms with Crippen molar-refractivity contribution in [3.8, 4) is 11.8 Å². The molecular weight excluding hydrogens is 160 g/mol. The molecule has 1 nitrogen and oxygen atoms in total.